The van der Waals surface area contributed by atoms with E-state index in [1.165, 1.54) is 12.6 Å². The summed E-state index contributed by atoms with van der Waals surface area (Å²) < 4.78 is 39.2. The number of piperidine rings is 1. The summed E-state index contributed by atoms with van der Waals surface area (Å²) in [5, 5.41) is 13.4. The smallest absolute Gasteiger partial charge is 0.382 e. The lowest BCUT2D eigenvalue weighted by Gasteiger charge is -2.42. The van der Waals surface area contributed by atoms with Crippen molar-refractivity contribution in [3.05, 3.63) is 29.3 Å². The minimum Gasteiger partial charge on any atom is -0.382 e. The van der Waals surface area contributed by atoms with E-state index in [1.807, 2.05) is 5.10 Å². The number of nitrogens with two attached hydrogens (primary N) is 2. The van der Waals surface area contributed by atoms with Gasteiger partial charge >= 0.3 is 6.18 Å². The summed E-state index contributed by atoms with van der Waals surface area (Å²) in [6, 6.07) is 0.237. The highest BCUT2D eigenvalue weighted by Gasteiger charge is 2.43. The standard InChI is InChI=1S/C18H23F3N8/c19-18(20,21)15-10(8-26-28-15)13(23)14-16(24)27-12(9-25-14)29-6-4-17(5-7-29)3-1-2-11(17)22/h8-9,11,23H,1-7,22H2,(H2,24,27)(H,26,28)/t11-/m1/s1. The van der Waals surface area contributed by atoms with E-state index in [0.29, 0.717) is 5.82 Å². The number of nitrogens with zero attached hydrogens (tertiary/aromatic N) is 4. The fourth-order valence-electron chi connectivity index (χ4n) is 4.53. The summed E-state index contributed by atoms with van der Waals surface area (Å²) >= 11 is 0. The Hall–Kier alpha value is -2.69. The number of hydrogen-bond donors (Lipinski definition) is 4. The van der Waals surface area contributed by atoms with Gasteiger partial charge in [0.1, 0.15) is 17.2 Å². The Morgan fingerprint density at radius 3 is 2.55 bits per heavy atom. The van der Waals surface area contributed by atoms with Crippen LogP contribution in [0.2, 0.25) is 0 Å². The fourth-order valence-corrected chi connectivity index (χ4v) is 4.53. The van der Waals surface area contributed by atoms with Crippen LogP contribution in [0.5, 0.6) is 0 Å². The van der Waals surface area contributed by atoms with Gasteiger partial charge < -0.3 is 16.4 Å². The van der Waals surface area contributed by atoms with E-state index < -0.39 is 23.1 Å². The van der Waals surface area contributed by atoms with Crippen molar-refractivity contribution in [2.75, 3.05) is 23.7 Å². The molecule has 4 rings (SSSR count). The highest BCUT2D eigenvalue weighted by atomic mass is 19.4. The van der Waals surface area contributed by atoms with Gasteiger partial charge in [0.05, 0.1) is 23.7 Å². The topological polar surface area (TPSA) is 134 Å². The Bertz CT molecular complexity index is 914. The van der Waals surface area contributed by atoms with Gasteiger partial charge in [0.15, 0.2) is 5.82 Å². The third kappa shape index (κ3) is 3.43. The minimum absolute atomic E-state index is 0.0836. The zero-order valence-corrected chi connectivity index (χ0v) is 15.8. The molecule has 2 aliphatic rings. The third-order valence-corrected chi connectivity index (χ3v) is 6.28. The van der Waals surface area contributed by atoms with E-state index >= 15 is 0 Å². The van der Waals surface area contributed by atoms with Gasteiger partial charge in [-0.25, -0.2) is 9.97 Å². The van der Waals surface area contributed by atoms with E-state index in [9.17, 15) is 13.2 Å². The van der Waals surface area contributed by atoms with Gasteiger partial charge in [-0.15, -0.1) is 0 Å². The molecule has 0 bridgehead atoms. The first-order valence-corrected chi connectivity index (χ1v) is 9.54. The Balaban J connectivity index is 1.52. The molecule has 1 saturated carbocycles. The minimum atomic E-state index is -4.66. The predicted octanol–water partition coefficient (Wildman–Crippen LogP) is 2.31. The zero-order valence-electron chi connectivity index (χ0n) is 15.8. The van der Waals surface area contributed by atoms with Gasteiger partial charge in [-0.05, 0) is 31.1 Å². The molecule has 3 heterocycles. The second-order valence-electron chi connectivity index (χ2n) is 7.84. The Labute approximate surface area is 165 Å². The van der Waals surface area contributed by atoms with Gasteiger partial charge in [0.2, 0.25) is 0 Å². The van der Waals surface area contributed by atoms with E-state index in [4.69, 9.17) is 16.9 Å². The number of aromatic amines is 1. The van der Waals surface area contributed by atoms with Crippen LogP contribution < -0.4 is 16.4 Å². The van der Waals surface area contributed by atoms with E-state index in [2.05, 4.69) is 20.0 Å². The van der Waals surface area contributed by atoms with Crippen LogP contribution >= 0.6 is 0 Å². The van der Waals surface area contributed by atoms with Gasteiger partial charge in [-0.1, -0.05) is 6.42 Å². The first-order valence-electron chi connectivity index (χ1n) is 9.54. The first-order chi connectivity index (χ1) is 13.7. The maximum atomic E-state index is 13.1. The molecule has 156 valence electrons. The second-order valence-corrected chi connectivity index (χ2v) is 7.84. The highest BCUT2D eigenvalue weighted by molar-refractivity contribution is 6.12. The maximum absolute atomic E-state index is 13.1. The third-order valence-electron chi connectivity index (χ3n) is 6.28. The normalized spacial score (nSPS) is 21.7. The van der Waals surface area contributed by atoms with Crippen LogP contribution in [0.25, 0.3) is 0 Å². The molecule has 1 spiro atoms. The quantitative estimate of drug-likeness (QED) is 0.576. The Morgan fingerprint density at radius 2 is 1.97 bits per heavy atom. The molecule has 2 aromatic rings. The van der Waals surface area contributed by atoms with Gasteiger partial charge in [-0.2, -0.15) is 18.3 Å². The largest absolute Gasteiger partial charge is 0.433 e. The van der Waals surface area contributed by atoms with E-state index in [-0.39, 0.29) is 23.0 Å². The Kier molecular flexibility index (Phi) is 4.72. The molecule has 8 nitrogen and oxygen atoms in total. The van der Waals surface area contributed by atoms with Crippen LogP contribution in [-0.2, 0) is 6.18 Å². The van der Waals surface area contributed by atoms with Crippen molar-refractivity contribution in [2.24, 2.45) is 11.1 Å². The highest BCUT2D eigenvalue weighted by Crippen LogP contribution is 2.45. The van der Waals surface area contributed by atoms with Gasteiger partial charge in [-0.3, -0.25) is 10.5 Å². The van der Waals surface area contributed by atoms with Crippen LogP contribution in [0.4, 0.5) is 24.8 Å². The summed E-state index contributed by atoms with van der Waals surface area (Å²) in [5.74, 6) is 0.475. The molecule has 0 amide bonds. The van der Waals surface area contributed by atoms with Crippen molar-refractivity contribution in [3.63, 3.8) is 0 Å². The van der Waals surface area contributed by atoms with Crippen molar-refractivity contribution in [3.8, 4) is 0 Å². The number of nitrogens with one attached hydrogen (secondary N) is 2. The molecule has 0 radical (unpaired) electrons. The molecule has 1 saturated heterocycles. The summed E-state index contributed by atoms with van der Waals surface area (Å²) in [5.41, 5.74) is 10.4. The average molecular weight is 408 g/mol. The molecule has 0 aromatic carbocycles. The number of anilines is 2. The monoisotopic (exact) mass is 408 g/mol. The molecule has 6 N–H and O–H groups in total. The molecular formula is C18H23F3N8. The molecule has 1 aliphatic heterocycles. The number of hydrogen-bond acceptors (Lipinski definition) is 7. The number of H-pyrrole nitrogens is 1. The zero-order chi connectivity index (χ0) is 20.8. The predicted molar refractivity (Wildman–Crippen MR) is 102 cm³/mol. The lowest BCUT2D eigenvalue weighted by atomic mass is 9.74. The summed E-state index contributed by atoms with van der Waals surface area (Å²) in [4.78, 5) is 10.5. The van der Waals surface area contributed by atoms with Gasteiger partial charge in [0.25, 0.3) is 0 Å². The summed E-state index contributed by atoms with van der Waals surface area (Å²) in [6.07, 6.45) is 3.06. The van der Waals surface area contributed by atoms with Crippen molar-refractivity contribution in [1.82, 2.24) is 20.2 Å². The maximum Gasteiger partial charge on any atom is 0.433 e. The number of alkyl halides is 3. The number of rotatable bonds is 3. The molecular weight excluding hydrogens is 385 g/mol. The summed E-state index contributed by atoms with van der Waals surface area (Å²) in [6.45, 7) is 1.55. The number of halogens is 3. The fraction of sp³-hybridized carbons (Fsp3) is 0.556. The van der Waals surface area contributed by atoms with Gasteiger partial charge in [0, 0.05) is 19.1 Å². The Morgan fingerprint density at radius 1 is 1.24 bits per heavy atom. The SMILES string of the molecule is N=C(c1cn[nH]c1C(F)(F)F)c1ncc(N2CCC3(CCC[C@H]3N)CC2)nc1N. The van der Waals surface area contributed by atoms with Crippen LogP contribution in [0, 0.1) is 10.8 Å². The molecule has 1 aliphatic carbocycles. The van der Waals surface area contributed by atoms with Crippen molar-refractivity contribution >= 4 is 17.3 Å². The molecule has 1 atom stereocenters. The van der Waals surface area contributed by atoms with E-state index in [1.54, 1.807) is 0 Å². The summed E-state index contributed by atoms with van der Waals surface area (Å²) in [7, 11) is 0. The van der Waals surface area contributed by atoms with Crippen molar-refractivity contribution < 1.29 is 13.2 Å². The first kappa shape index (κ1) is 19.6. The number of aromatic nitrogens is 4. The molecule has 2 fully saturated rings. The van der Waals surface area contributed by atoms with Crippen LogP contribution in [0.3, 0.4) is 0 Å². The van der Waals surface area contributed by atoms with Crippen molar-refractivity contribution in [2.45, 2.75) is 44.3 Å². The van der Waals surface area contributed by atoms with Crippen LogP contribution in [0.1, 0.15) is 49.1 Å². The molecule has 29 heavy (non-hydrogen) atoms. The molecule has 0 unspecified atom stereocenters. The van der Waals surface area contributed by atoms with Crippen LogP contribution in [-0.4, -0.2) is 45.0 Å². The number of nitrogen functional groups attached to an aromatic ring is 1. The van der Waals surface area contributed by atoms with Crippen molar-refractivity contribution in [1.29, 1.82) is 5.41 Å². The van der Waals surface area contributed by atoms with E-state index in [0.717, 1.165) is 45.0 Å². The second kappa shape index (κ2) is 6.97. The lowest BCUT2D eigenvalue weighted by molar-refractivity contribution is -0.141. The lowest BCUT2D eigenvalue weighted by Crippen LogP contribution is -2.47. The average Bonchev–Trinajstić information content (AvgIpc) is 3.30. The molecule has 2 aromatic heterocycles. The molecule has 11 heteroatoms. The van der Waals surface area contributed by atoms with Crippen LogP contribution in [0.15, 0.2) is 12.4 Å².